The Morgan fingerprint density at radius 2 is 2.00 bits per heavy atom. The van der Waals surface area contributed by atoms with Gasteiger partial charge in [0.1, 0.15) is 4.90 Å². The largest absolute Gasteiger partial charge is 0.494 e. The normalized spacial score (nSPS) is 12.0. The molecule has 0 spiro atoms. The van der Waals surface area contributed by atoms with Gasteiger partial charge in [-0.3, -0.25) is 9.78 Å². The second kappa shape index (κ2) is 3.78. The first-order valence-electron chi connectivity index (χ1n) is 3.42. The minimum Gasteiger partial charge on any atom is -0.494 e. The summed E-state index contributed by atoms with van der Waals surface area (Å²) in [6, 6.07) is 0.334. The Morgan fingerprint density at radius 3 is 2.40 bits per heavy atom. The van der Waals surface area contributed by atoms with E-state index in [9.17, 15) is 22.0 Å². The van der Waals surface area contributed by atoms with Gasteiger partial charge in [0.25, 0.3) is 21.0 Å². The predicted octanol–water partition coefficient (Wildman–Crippen LogP) is 0.946. The molecular formula is C6H4ClF2NO4S. The molecular weight excluding hydrogens is 256 g/mol. The molecule has 0 radical (unpaired) electrons. The van der Waals surface area contributed by atoms with Gasteiger partial charge in [-0.15, -0.1) is 0 Å². The number of alkyl halides is 2. The third kappa shape index (κ3) is 2.45. The number of aromatic nitrogens is 1. The van der Waals surface area contributed by atoms with Gasteiger partial charge in [0.05, 0.1) is 5.56 Å². The quantitative estimate of drug-likeness (QED) is 0.774. The van der Waals surface area contributed by atoms with Crippen LogP contribution < -0.4 is 5.56 Å². The van der Waals surface area contributed by atoms with E-state index in [-0.39, 0.29) is 0 Å². The molecule has 5 nitrogen and oxygen atoms in total. The van der Waals surface area contributed by atoms with Crippen LogP contribution in [0.15, 0.2) is 15.8 Å². The summed E-state index contributed by atoms with van der Waals surface area (Å²) in [6.45, 7) is 0. The predicted molar refractivity (Wildman–Crippen MR) is 46.7 cm³/mol. The van der Waals surface area contributed by atoms with Crippen LogP contribution in [-0.2, 0) is 9.05 Å². The molecule has 84 valence electrons. The zero-order chi connectivity index (χ0) is 11.8. The molecule has 0 aliphatic carbocycles. The van der Waals surface area contributed by atoms with E-state index in [1.165, 1.54) is 0 Å². The average molecular weight is 260 g/mol. The summed E-state index contributed by atoms with van der Waals surface area (Å²) in [7, 11) is 0.396. The SMILES string of the molecule is O=c1[nH]c(O)c(C(F)F)cc1S(=O)(=O)Cl. The number of hydrogen-bond acceptors (Lipinski definition) is 4. The number of aromatic amines is 1. The van der Waals surface area contributed by atoms with Crippen LogP contribution in [0.4, 0.5) is 8.78 Å². The van der Waals surface area contributed by atoms with E-state index in [4.69, 9.17) is 15.8 Å². The highest BCUT2D eigenvalue weighted by Crippen LogP contribution is 2.27. The fraction of sp³-hybridized carbons (Fsp3) is 0.167. The lowest BCUT2D eigenvalue weighted by Gasteiger charge is -2.03. The summed E-state index contributed by atoms with van der Waals surface area (Å²) in [5.74, 6) is -1.08. The van der Waals surface area contributed by atoms with E-state index in [1.54, 1.807) is 4.98 Å². The van der Waals surface area contributed by atoms with E-state index in [2.05, 4.69) is 0 Å². The van der Waals surface area contributed by atoms with E-state index < -0.39 is 37.4 Å². The summed E-state index contributed by atoms with van der Waals surface area (Å²) in [5, 5.41) is 8.88. The summed E-state index contributed by atoms with van der Waals surface area (Å²) in [4.78, 5) is 11.5. The Balaban J connectivity index is 3.58. The Kier molecular flexibility index (Phi) is 3.00. The highest BCUT2D eigenvalue weighted by Gasteiger charge is 2.22. The second-order valence-corrected chi connectivity index (χ2v) is 5.04. The molecule has 0 bridgehead atoms. The number of rotatable bonds is 2. The first kappa shape index (κ1) is 11.9. The van der Waals surface area contributed by atoms with E-state index in [0.29, 0.717) is 6.07 Å². The van der Waals surface area contributed by atoms with E-state index in [1.807, 2.05) is 0 Å². The fourth-order valence-electron chi connectivity index (χ4n) is 0.864. The van der Waals surface area contributed by atoms with Gasteiger partial charge >= 0.3 is 0 Å². The zero-order valence-corrected chi connectivity index (χ0v) is 8.44. The summed E-state index contributed by atoms with van der Waals surface area (Å²) < 4.78 is 45.9. The number of H-pyrrole nitrogens is 1. The molecule has 15 heavy (non-hydrogen) atoms. The van der Waals surface area contributed by atoms with E-state index in [0.717, 1.165) is 0 Å². The molecule has 1 rings (SSSR count). The molecule has 0 atom stereocenters. The van der Waals surface area contributed by atoms with Gasteiger partial charge in [0.2, 0.25) is 0 Å². The number of aromatic hydroxyl groups is 1. The standard InChI is InChI=1S/C6H4ClF2NO4S/c7-15(13,14)3-1-2(4(8)9)5(11)10-6(3)12/h1,4H,(H2,10,11,12). The molecule has 1 aromatic heterocycles. The van der Waals surface area contributed by atoms with Crippen LogP contribution in [-0.4, -0.2) is 18.5 Å². The van der Waals surface area contributed by atoms with Crippen LogP contribution in [0.3, 0.4) is 0 Å². The van der Waals surface area contributed by atoms with E-state index >= 15 is 0 Å². The number of halogens is 3. The molecule has 9 heteroatoms. The van der Waals surface area contributed by atoms with Crippen LogP contribution in [0.1, 0.15) is 12.0 Å². The molecule has 0 unspecified atom stereocenters. The van der Waals surface area contributed by atoms with Crippen LogP contribution in [0.5, 0.6) is 5.88 Å². The molecule has 1 heterocycles. The first-order valence-corrected chi connectivity index (χ1v) is 5.73. The van der Waals surface area contributed by atoms with Crippen LogP contribution in [0, 0.1) is 0 Å². The minimum absolute atomic E-state index is 0.334. The van der Waals surface area contributed by atoms with Crippen molar-refractivity contribution in [1.29, 1.82) is 0 Å². The van der Waals surface area contributed by atoms with Gasteiger partial charge in [0.15, 0.2) is 5.88 Å². The Bertz CT molecular complexity index is 539. The van der Waals surface area contributed by atoms with Crippen LogP contribution >= 0.6 is 10.7 Å². The van der Waals surface area contributed by atoms with Gasteiger partial charge in [0, 0.05) is 10.7 Å². The molecule has 2 N–H and O–H groups in total. The number of pyridine rings is 1. The molecule has 1 aromatic rings. The number of nitrogens with one attached hydrogen (secondary N) is 1. The molecule has 0 aromatic carbocycles. The van der Waals surface area contributed by atoms with Crippen molar-refractivity contribution in [1.82, 2.24) is 4.98 Å². The molecule has 0 aliphatic heterocycles. The van der Waals surface area contributed by atoms with Crippen molar-refractivity contribution < 1.29 is 22.3 Å². The molecule has 0 fully saturated rings. The highest BCUT2D eigenvalue weighted by molar-refractivity contribution is 8.13. The first-order chi connectivity index (χ1) is 6.73. The monoisotopic (exact) mass is 259 g/mol. The maximum absolute atomic E-state index is 12.2. The lowest BCUT2D eigenvalue weighted by Crippen LogP contribution is -2.15. The zero-order valence-electron chi connectivity index (χ0n) is 6.87. The van der Waals surface area contributed by atoms with Crippen molar-refractivity contribution in [3.05, 3.63) is 22.0 Å². The van der Waals surface area contributed by atoms with Crippen LogP contribution in [0.2, 0.25) is 0 Å². The third-order valence-corrected chi connectivity index (χ3v) is 2.84. The maximum atomic E-state index is 12.2. The van der Waals surface area contributed by atoms with Crippen molar-refractivity contribution >= 4 is 19.7 Å². The number of hydrogen-bond donors (Lipinski definition) is 2. The molecule has 0 amide bonds. The van der Waals surface area contributed by atoms with Gasteiger partial charge in [-0.2, -0.15) is 0 Å². The second-order valence-electron chi connectivity index (χ2n) is 2.51. The maximum Gasteiger partial charge on any atom is 0.270 e. The smallest absolute Gasteiger partial charge is 0.270 e. The third-order valence-electron chi connectivity index (χ3n) is 1.51. The van der Waals surface area contributed by atoms with Crippen molar-refractivity contribution in [3.8, 4) is 5.88 Å². The Labute approximate surface area is 86.7 Å². The minimum atomic E-state index is -4.42. The van der Waals surface area contributed by atoms with Crippen molar-refractivity contribution in [2.45, 2.75) is 11.3 Å². The fourth-order valence-corrected chi connectivity index (χ4v) is 1.75. The Hall–Kier alpha value is -1.15. The van der Waals surface area contributed by atoms with Crippen LogP contribution in [0.25, 0.3) is 0 Å². The van der Waals surface area contributed by atoms with Gasteiger partial charge in [-0.25, -0.2) is 17.2 Å². The average Bonchev–Trinajstić information content (AvgIpc) is 2.00. The lowest BCUT2D eigenvalue weighted by atomic mass is 10.3. The van der Waals surface area contributed by atoms with Crippen molar-refractivity contribution in [2.75, 3.05) is 0 Å². The van der Waals surface area contributed by atoms with Crippen molar-refractivity contribution in [2.24, 2.45) is 0 Å². The van der Waals surface area contributed by atoms with Gasteiger partial charge < -0.3 is 5.11 Å². The molecule has 0 aliphatic rings. The molecule has 0 saturated heterocycles. The van der Waals surface area contributed by atoms with Gasteiger partial charge in [-0.1, -0.05) is 0 Å². The van der Waals surface area contributed by atoms with Gasteiger partial charge in [-0.05, 0) is 6.07 Å². The van der Waals surface area contributed by atoms with Crippen molar-refractivity contribution in [3.63, 3.8) is 0 Å². The molecule has 0 saturated carbocycles. The topological polar surface area (TPSA) is 87.2 Å². The summed E-state index contributed by atoms with van der Waals surface area (Å²) in [5.41, 5.74) is -2.26. The Morgan fingerprint density at radius 1 is 1.47 bits per heavy atom. The summed E-state index contributed by atoms with van der Waals surface area (Å²) >= 11 is 0. The summed E-state index contributed by atoms with van der Waals surface area (Å²) in [6.07, 6.45) is -3.13. The highest BCUT2D eigenvalue weighted by atomic mass is 35.7. The lowest BCUT2D eigenvalue weighted by molar-refractivity contribution is 0.146.